The SMILES string of the molecule is CC(C)CC1(C(O)Cc2ccsc2)CCCC1. The molecule has 0 aliphatic heterocycles. The zero-order valence-corrected chi connectivity index (χ0v) is 11.8. The Hall–Kier alpha value is -0.340. The molecule has 1 aromatic rings. The van der Waals surface area contributed by atoms with Gasteiger partial charge in [-0.15, -0.1) is 0 Å². The van der Waals surface area contributed by atoms with Crippen LogP contribution in [0.4, 0.5) is 0 Å². The van der Waals surface area contributed by atoms with E-state index in [2.05, 4.69) is 30.7 Å². The zero-order chi connectivity index (χ0) is 12.3. The predicted octanol–water partition coefficient (Wildman–Crippen LogP) is 4.26. The largest absolute Gasteiger partial charge is 0.392 e. The fraction of sp³-hybridized carbons (Fsp3) is 0.733. The molecule has 17 heavy (non-hydrogen) atoms. The van der Waals surface area contributed by atoms with Crippen molar-refractivity contribution in [2.45, 2.75) is 58.5 Å². The predicted molar refractivity (Wildman–Crippen MR) is 74.4 cm³/mol. The van der Waals surface area contributed by atoms with Gasteiger partial charge < -0.3 is 5.11 Å². The van der Waals surface area contributed by atoms with Crippen molar-refractivity contribution < 1.29 is 5.11 Å². The number of rotatable bonds is 5. The second-order valence-corrected chi connectivity index (χ2v) is 6.80. The maximum atomic E-state index is 10.6. The van der Waals surface area contributed by atoms with Crippen molar-refractivity contribution in [3.8, 4) is 0 Å². The Kier molecular flexibility index (Phi) is 4.26. The Morgan fingerprint density at radius 1 is 1.35 bits per heavy atom. The Balaban J connectivity index is 2.05. The van der Waals surface area contributed by atoms with E-state index in [4.69, 9.17) is 0 Å². The summed E-state index contributed by atoms with van der Waals surface area (Å²) < 4.78 is 0. The van der Waals surface area contributed by atoms with Crippen molar-refractivity contribution in [2.75, 3.05) is 0 Å². The van der Waals surface area contributed by atoms with E-state index in [1.807, 2.05) is 0 Å². The van der Waals surface area contributed by atoms with Gasteiger partial charge in [0.05, 0.1) is 6.10 Å². The van der Waals surface area contributed by atoms with Gasteiger partial charge in [-0.2, -0.15) is 11.3 Å². The first-order valence-electron chi connectivity index (χ1n) is 6.81. The van der Waals surface area contributed by atoms with E-state index >= 15 is 0 Å². The molecule has 1 saturated carbocycles. The van der Waals surface area contributed by atoms with Crippen molar-refractivity contribution in [3.05, 3.63) is 22.4 Å². The summed E-state index contributed by atoms with van der Waals surface area (Å²) in [5.41, 5.74) is 1.51. The van der Waals surface area contributed by atoms with Crippen LogP contribution < -0.4 is 0 Å². The van der Waals surface area contributed by atoms with E-state index in [1.54, 1.807) is 11.3 Å². The van der Waals surface area contributed by atoms with Crippen LogP contribution >= 0.6 is 11.3 Å². The third-order valence-corrected chi connectivity index (χ3v) is 4.86. The van der Waals surface area contributed by atoms with E-state index in [0.29, 0.717) is 5.92 Å². The van der Waals surface area contributed by atoms with Crippen LogP contribution in [0.2, 0.25) is 0 Å². The Morgan fingerprint density at radius 3 is 2.59 bits per heavy atom. The van der Waals surface area contributed by atoms with Crippen LogP contribution in [-0.4, -0.2) is 11.2 Å². The Morgan fingerprint density at radius 2 is 2.06 bits per heavy atom. The topological polar surface area (TPSA) is 20.2 Å². The number of aliphatic hydroxyl groups excluding tert-OH is 1. The lowest BCUT2D eigenvalue weighted by Crippen LogP contribution is -2.35. The van der Waals surface area contributed by atoms with E-state index in [1.165, 1.54) is 37.7 Å². The molecule has 1 unspecified atom stereocenters. The first kappa shape index (κ1) is 13.1. The second-order valence-electron chi connectivity index (χ2n) is 6.02. The normalized spacial score (nSPS) is 20.9. The number of hydrogen-bond donors (Lipinski definition) is 1. The third-order valence-electron chi connectivity index (χ3n) is 4.13. The van der Waals surface area contributed by atoms with Gasteiger partial charge in [0.1, 0.15) is 0 Å². The molecule has 1 heterocycles. The highest BCUT2D eigenvalue weighted by molar-refractivity contribution is 7.07. The minimum Gasteiger partial charge on any atom is -0.392 e. The first-order valence-corrected chi connectivity index (χ1v) is 7.76. The molecular formula is C15H24OS. The third kappa shape index (κ3) is 3.11. The minimum atomic E-state index is -0.151. The Labute approximate surface area is 109 Å². The van der Waals surface area contributed by atoms with Gasteiger partial charge in [-0.1, -0.05) is 26.7 Å². The van der Waals surface area contributed by atoms with Gasteiger partial charge in [-0.3, -0.25) is 0 Å². The number of thiophene rings is 1. The zero-order valence-electron chi connectivity index (χ0n) is 11.0. The molecule has 2 heteroatoms. The summed E-state index contributed by atoms with van der Waals surface area (Å²) in [6, 6.07) is 2.14. The van der Waals surface area contributed by atoms with E-state index in [0.717, 1.165) is 6.42 Å². The van der Waals surface area contributed by atoms with Gasteiger partial charge in [0.25, 0.3) is 0 Å². The fourth-order valence-electron chi connectivity index (χ4n) is 3.41. The molecule has 1 N–H and O–H groups in total. The van der Waals surface area contributed by atoms with E-state index < -0.39 is 0 Å². The lowest BCUT2D eigenvalue weighted by atomic mass is 9.72. The molecule has 0 amide bonds. The lowest BCUT2D eigenvalue weighted by molar-refractivity contribution is 0.0134. The molecule has 1 nitrogen and oxygen atoms in total. The quantitative estimate of drug-likeness (QED) is 0.830. The van der Waals surface area contributed by atoms with Crippen LogP contribution in [0.25, 0.3) is 0 Å². The van der Waals surface area contributed by atoms with Crippen molar-refractivity contribution in [3.63, 3.8) is 0 Å². The highest BCUT2D eigenvalue weighted by Gasteiger charge is 2.40. The molecule has 0 aromatic carbocycles. The van der Waals surface area contributed by atoms with Crippen molar-refractivity contribution in [1.29, 1.82) is 0 Å². The maximum Gasteiger partial charge on any atom is 0.0637 e. The molecule has 96 valence electrons. The van der Waals surface area contributed by atoms with Crippen LogP contribution in [0.1, 0.15) is 51.5 Å². The molecule has 1 aliphatic rings. The summed E-state index contributed by atoms with van der Waals surface area (Å²) in [5, 5.41) is 14.9. The average molecular weight is 252 g/mol. The fourth-order valence-corrected chi connectivity index (χ4v) is 4.10. The van der Waals surface area contributed by atoms with E-state index in [-0.39, 0.29) is 11.5 Å². The molecular weight excluding hydrogens is 228 g/mol. The molecule has 0 radical (unpaired) electrons. The summed E-state index contributed by atoms with van der Waals surface area (Å²) in [7, 11) is 0. The lowest BCUT2D eigenvalue weighted by Gasteiger charge is -2.36. The van der Waals surface area contributed by atoms with Crippen LogP contribution in [-0.2, 0) is 6.42 Å². The molecule has 1 aromatic heterocycles. The molecule has 2 rings (SSSR count). The minimum absolute atomic E-state index is 0.151. The number of hydrogen-bond acceptors (Lipinski definition) is 2. The van der Waals surface area contributed by atoms with Crippen LogP contribution in [0, 0.1) is 11.3 Å². The average Bonchev–Trinajstić information content (AvgIpc) is 2.88. The summed E-state index contributed by atoms with van der Waals surface area (Å²) in [6.07, 6.45) is 6.91. The standard InChI is InChI=1S/C15H24OS/c1-12(2)10-15(6-3-4-7-15)14(16)9-13-5-8-17-11-13/h5,8,11-12,14,16H,3-4,6-7,9-10H2,1-2H3. The molecule has 1 aliphatic carbocycles. The monoisotopic (exact) mass is 252 g/mol. The van der Waals surface area contributed by atoms with Crippen LogP contribution in [0.3, 0.4) is 0 Å². The Bertz CT molecular complexity index is 323. The van der Waals surface area contributed by atoms with Crippen molar-refractivity contribution in [2.24, 2.45) is 11.3 Å². The molecule has 0 bridgehead atoms. The molecule has 1 fully saturated rings. The summed E-state index contributed by atoms with van der Waals surface area (Å²) in [6.45, 7) is 4.55. The van der Waals surface area contributed by atoms with Crippen LogP contribution in [0.5, 0.6) is 0 Å². The molecule has 0 spiro atoms. The second kappa shape index (κ2) is 5.53. The van der Waals surface area contributed by atoms with Gasteiger partial charge in [0, 0.05) is 0 Å². The molecule has 1 atom stereocenters. The van der Waals surface area contributed by atoms with Crippen LogP contribution in [0.15, 0.2) is 16.8 Å². The number of aliphatic hydroxyl groups is 1. The van der Waals surface area contributed by atoms with E-state index in [9.17, 15) is 5.11 Å². The molecule has 0 saturated heterocycles. The van der Waals surface area contributed by atoms with Gasteiger partial charge in [0.15, 0.2) is 0 Å². The van der Waals surface area contributed by atoms with Gasteiger partial charge in [-0.05, 0) is 59.4 Å². The first-order chi connectivity index (χ1) is 8.12. The highest BCUT2D eigenvalue weighted by atomic mass is 32.1. The summed E-state index contributed by atoms with van der Waals surface area (Å²) >= 11 is 1.73. The van der Waals surface area contributed by atoms with Gasteiger partial charge in [0.2, 0.25) is 0 Å². The highest BCUT2D eigenvalue weighted by Crippen LogP contribution is 2.46. The van der Waals surface area contributed by atoms with Crippen molar-refractivity contribution >= 4 is 11.3 Å². The maximum absolute atomic E-state index is 10.6. The smallest absolute Gasteiger partial charge is 0.0637 e. The summed E-state index contributed by atoms with van der Waals surface area (Å²) in [4.78, 5) is 0. The summed E-state index contributed by atoms with van der Waals surface area (Å²) in [5.74, 6) is 0.685. The van der Waals surface area contributed by atoms with Gasteiger partial charge >= 0.3 is 0 Å². The van der Waals surface area contributed by atoms with Gasteiger partial charge in [-0.25, -0.2) is 0 Å². The van der Waals surface area contributed by atoms with Crippen molar-refractivity contribution in [1.82, 2.24) is 0 Å².